The highest BCUT2D eigenvalue weighted by molar-refractivity contribution is 7.18. The number of fused-ring (bicyclic) bond motifs is 1. The van der Waals surface area contributed by atoms with Crippen LogP contribution in [0.3, 0.4) is 0 Å². The van der Waals surface area contributed by atoms with E-state index in [-0.39, 0.29) is 6.03 Å². The van der Waals surface area contributed by atoms with E-state index in [4.69, 9.17) is 4.98 Å². The zero-order chi connectivity index (χ0) is 17.2. The molecule has 0 bridgehead atoms. The lowest BCUT2D eigenvalue weighted by Crippen LogP contribution is -2.40. The zero-order valence-corrected chi connectivity index (χ0v) is 15.1. The highest BCUT2D eigenvalue weighted by Crippen LogP contribution is 2.33. The Morgan fingerprint density at radius 3 is 2.72 bits per heavy atom. The van der Waals surface area contributed by atoms with Crippen LogP contribution in [0.1, 0.15) is 29.3 Å². The van der Waals surface area contributed by atoms with Gasteiger partial charge in [0, 0.05) is 24.7 Å². The Morgan fingerprint density at radius 1 is 1.16 bits per heavy atom. The summed E-state index contributed by atoms with van der Waals surface area (Å²) in [6.07, 6.45) is 1.95. The monoisotopic (exact) mass is 351 g/mol. The van der Waals surface area contributed by atoms with E-state index in [9.17, 15) is 4.79 Å². The number of benzene rings is 2. The van der Waals surface area contributed by atoms with E-state index in [1.54, 1.807) is 11.3 Å². The second-order valence-electron chi connectivity index (χ2n) is 6.58. The number of likely N-dealkylation sites (tertiary alicyclic amines) is 1. The number of amides is 2. The van der Waals surface area contributed by atoms with E-state index >= 15 is 0 Å². The summed E-state index contributed by atoms with van der Waals surface area (Å²) in [5.41, 5.74) is 3.09. The molecular weight excluding hydrogens is 330 g/mol. The largest absolute Gasteiger partial charge is 0.324 e. The van der Waals surface area contributed by atoms with Gasteiger partial charge in [0.2, 0.25) is 0 Å². The molecule has 0 saturated carbocycles. The van der Waals surface area contributed by atoms with Crippen molar-refractivity contribution in [2.45, 2.75) is 25.7 Å². The van der Waals surface area contributed by atoms with E-state index in [0.29, 0.717) is 5.92 Å². The maximum atomic E-state index is 12.5. The van der Waals surface area contributed by atoms with Crippen molar-refractivity contribution in [1.82, 2.24) is 9.88 Å². The first-order valence-corrected chi connectivity index (χ1v) is 9.49. The first-order chi connectivity index (χ1) is 12.2. The van der Waals surface area contributed by atoms with Gasteiger partial charge in [-0.3, -0.25) is 0 Å². The number of hydrogen-bond donors (Lipinski definition) is 1. The third kappa shape index (κ3) is 3.51. The highest BCUT2D eigenvalue weighted by Gasteiger charge is 2.26. The first kappa shape index (κ1) is 16.1. The molecule has 0 radical (unpaired) electrons. The molecule has 1 aliphatic heterocycles. The number of piperidine rings is 1. The molecule has 1 saturated heterocycles. The molecule has 2 aromatic carbocycles. The number of para-hydroxylation sites is 1. The fraction of sp³-hybridized carbons (Fsp3) is 0.300. The summed E-state index contributed by atoms with van der Waals surface area (Å²) in [6.45, 7) is 3.58. The number of carbonyl (C=O) groups is 1. The standard InChI is InChI=1S/C20H21N3OS/c1-14-5-4-6-16(13-14)21-20(24)23-11-9-15(10-12-23)19-22-17-7-2-3-8-18(17)25-19/h2-8,13,15H,9-12H2,1H3,(H,21,24). The molecule has 128 valence electrons. The minimum Gasteiger partial charge on any atom is -0.324 e. The van der Waals surface area contributed by atoms with Crippen LogP contribution in [0.2, 0.25) is 0 Å². The number of rotatable bonds is 2. The smallest absolute Gasteiger partial charge is 0.321 e. The zero-order valence-electron chi connectivity index (χ0n) is 14.2. The molecular formula is C20H21N3OS. The van der Waals surface area contributed by atoms with Gasteiger partial charge >= 0.3 is 6.03 Å². The molecule has 4 rings (SSSR count). The van der Waals surface area contributed by atoms with Crippen LogP contribution in [0.15, 0.2) is 48.5 Å². The maximum Gasteiger partial charge on any atom is 0.321 e. The number of aryl methyl sites for hydroxylation is 1. The van der Waals surface area contributed by atoms with Crippen LogP contribution in [-0.4, -0.2) is 29.0 Å². The molecule has 1 fully saturated rings. The van der Waals surface area contributed by atoms with Gasteiger partial charge in [0.05, 0.1) is 15.2 Å². The van der Waals surface area contributed by atoms with Crippen molar-refractivity contribution in [2.24, 2.45) is 0 Å². The van der Waals surface area contributed by atoms with E-state index in [2.05, 4.69) is 23.5 Å². The van der Waals surface area contributed by atoms with Gasteiger partial charge in [-0.15, -0.1) is 11.3 Å². The van der Waals surface area contributed by atoms with Gasteiger partial charge in [0.25, 0.3) is 0 Å². The number of urea groups is 1. The van der Waals surface area contributed by atoms with Crippen molar-refractivity contribution >= 4 is 33.3 Å². The van der Waals surface area contributed by atoms with Crippen molar-refractivity contribution < 1.29 is 4.79 Å². The van der Waals surface area contributed by atoms with E-state index in [0.717, 1.165) is 42.7 Å². The van der Waals surface area contributed by atoms with Crippen molar-refractivity contribution in [3.05, 3.63) is 59.1 Å². The molecule has 2 heterocycles. The summed E-state index contributed by atoms with van der Waals surface area (Å²) in [6, 6.07) is 16.2. The number of hydrogen-bond acceptors (Lipinski definition) is 3. The fourth-order valence-electron chi connectivity index (χ4n) is 3.32. The predicted molar refractivity (Wildman–Crippen MR) is 103 cm³/mol. The average Bonchev–Trinajstić information content (AvgIpc) is 3.06. The predicted octanol–water partition coefficient (Wildman–Crippen LogP) is 5.02. The summed E-state index contributed by atoms with van der Waals surface area (Å²) in [5, 5.41) is 4.21. The lowest BCUT2D eigenvalue weighted by atomic mass is 9.98. The molecule has 0 atom stereocenters. The van der Waals surface area contributed by atoms with Gasteiger partial charge in [-0.05, 0) is 49.6 Å². The number of carbonyl (C=O) groups excluding carboxylic acids is 1. The lowest BCUT2D eigenvalue weighted by molar-refractivity contribution is 0.194. The topological polar surface area (TPSA) is 45.2 Å². The average molecular weight is 351 g/mol. The molecule has 5 heteroatoms. The first-order valence-electron chi connectivity index (χ1n) is 8.67. The number of thiazole rings is 1. The second kappa shape index (κ2) is 6.84. The van der Waals surface area contributed by atoms with Crippen LogP contribution >= 0.6 is 11.3 Å². The molecule has 1 aliphatic rings. The van der Waals surface area contributed by atoms with Crippen LogP contribution in [0, 0.1) is 6.92 Å². The normalized spacial score (nSPS) is 15.5. The molecule has 4 nitrogen and oxygen atoms in total. The summed E-state index contributed by atoms with van der Waals surface area (Å²) in [4.78, 5) is 19.2. The van der Waals surface area contributed by atoms with Crippen LogP contribution in [0.25, 0.3) is 10.2 Å². The van der Waals surface area contributed by atoms with Gasteiger partial charge in [-0.1, -0.05) is 24.3 Å². The SMILES string of the molecule is Cc1cccc(NC(=O)N2CCC(c3nc4ccccc4s3)CC2)c1. The molecule has 0 aliphatic carbocycles. The Morgan fingerprint density at radius 2 is 1.96 bits per heavy atom. The van der Waals surface area contributed by atoms with E-state index in [1.807, 2.05) is 42.2 Å². The van der Waals surface area contributed by atoms with Gasteiger partial charge < -0.3 is 10.2 Å². The molecule has 1 N–H and O–H groups in total. The summed E-state index contributed by atoms with van der Waals surface area (Å²) in [7, 11) is 0. The molecule has 0 unspecified atom stereocenters. The van der Waals surface area contributed by atoms with Crippen molar-refractivity contribution in [2.75, 3.05) is 18.4 Å². The quantitative estimate of drug-likeness (QED) is 0.705. The molecule has 2 amide bonds. The minimum atomic E-state index is -0.00616. The van der Waals surface area contributed by atoms with E-state index < -0.39 is 0 Å². The maximum absolute atomic E-state index is 12.5. The third-order valence-corrected chi connectivity index (χ3v) is 5.91. The van der Waals surface area contributed by atoms with Gasteiger partial charge in [-0.2, -0.15) is 0 Å². The minimum absolute atomic E-state index is 0.00616. The van der Waals surface area contributed by atoms with Crippen LogP contribution in [0.5, 0.6) is 0 Å². The third-order valence-electron chi connectivity index (χ3n) is 4.71. The van der Waals surface area contributed by atoms with Crippen LogP contribution in [-0.2, 0) is 0 Å². The number of nitrogens with zero attached hydrogens (tertiary/aromatic N) is 2. The van der Waals surface area contributed by atoms with Crippen LogP contribution < -0.4 is 5.32 Å². The molecule has 25 heavy (non-hydrogen) atoms. The lowest BCUT2D eigenvalue weighted by Gasteiger charge is -2.31. The Bertz CT molecular complexity index is 864. The Kier molecular flexibility index (Phi) is 4.40. The van der Waals surface area contributed by atoms with E-state index in [1.165, 1.54) is 9.71 Å². The van der Waals surface area contributed by atoms with Crippen molar-refractivity contribution in [3.8, 4) is 0 Å². The summed E-state index contributed by atoms with van der Waals surface area (Å²) < 4.78 is 1.25. The van der Waals surface area contributed by atoms with Gasteiger partial charge in [0.15, 0.2) is 0 Å². The summed E-state index contributed by atoms with van der Waals surface area (Å²) >= 11 is 1.79. The Balaban J connectivity index is 1.38. The van der Waals surface area contributed by atoms with Crippen LogP contribution in [0.4, 0.5) is 10.5 Å². The van der Waals surface area contributed by atoms with Gasteiger partial charge in [0.1, 0.15) is 0 Å². The van der Waals surface area contributed by atoms with Crippen molar-refractivity contribution in [3.63, 3.8) is 0 Å². The Hall–Kier alpha value is -2.40. The molecule has 0 spiro atoms. The van der Waals surface area contributed by atoms with Crippen molar-refractivity contribution in [1.29, 1.82) is 0 Å². The van der Waals surface area contributed by atoms with Gasteiger partial charge in [-0.25, -0.2) is 9.78 Å². The molecule has 1 aromatic heterocycles. The number of aromatic nitrogens is 1. The highest BCUT2D eigenvalue weighted by atomic mass is 32.1. The second-order valence-corrected chi connectivity index (χ2v) is 7.64. The fourth-order valence-corrected chi connectivity index (χ4v) is 4.46. The molecule has 3 aromatic rings. The number of nitrogens with one attached hydrogen (secondary N) is 1. The number of anilines is 1. The summed E-state index contributed by atoms with van der Waals surface area (Å²) in [5.74, 6) is 0.459. The Labute approximate surface area is 151 Å².